The summed E-state index contributed by atoms with van der Waals surface area (Å²) >= 11 is 5.70. The van der Waals surface area contributed by atoms with Crippen LogP contribution in [0.2, 0.25) is 5.02 Å². The molecule has 0 aliphatic carbocycles. The summed E-state index contributed by atoms with van der Waals surface area (Å²) in [6.07, 6.45) is 0. The third-order valence-electron chi connectivity index (χ3n) is 4.48. The number of piperazine rings is 1. The largest absolute Gasteiger partial charge is 0.336 e. The zero-order valence-electron chi connectivity index (χ0n) is 15.6. The number of rotatable bonds is 4. The number of benzene rings is 2. The molecule has 3 rings (SSSR count). The van der Waals surface area contributed by atoms with E-state index in [0.29, 0.717) is 11.3 Å². The lowest BCUT2D eigenvalue weighted by atomic mass is 10.1. The molecule has 0 radical (unpaired) electrons. The molecular formula is C19H19ClFN3O4S. The van der Waals surface area contributed by atoms with Gasteiger partial charge in [-0.15, -0.1) is 0 Å². The molecule has 1 saturated heterocycles. The molecule has 2 amide bonds. The molecule has 7 nitrogen and oxygen atoms in total. The van der Waals surface area contributed by atoms with E-state index in [1.807, 2.05) is 0 Å². The maximum absolute atomic E-state index is 13.3. The third kappa shape index (κ3) is 4.75. The van der Waals surface area contributed by atoms with Gasteiger partial charge in [-0.05, 0) is 36.4 Å². The van der Waals surface area contributed by atoms with Gasteiger partial charge in [-0.3, -0.25) is 9.59 Å². The number of carbonyl (C=O) groups excluding carboxylic acids is 2. The van der Waals surface area contributed by atoms with Crippen LogP contribution in [0.15, 0.2) is 47.4 Å². The van der Waals surface area contributed by atoms with Crippen LogP contribution in [-0.4, -0.2) is 55.6 Å². The number of halogens is 2. The van der Waals surface area contributed by atoms with Crippen LogP contribution in [0.3, 0.4) is 0 Å². The number of amides is 2. The Morgan fingerprint density at radius 2 is 1.76 bits per heavy atom. The topological polar surface area (TPSA) is 86.8 Å². The molecule has 0 aromatic heterocycles. The molecule has 0 bridgehead atoms. The molecule has 10 heteroatoms. The summed E-state index contributed by atoms with van der Waals surface area (Å²) in [5.74, 6) is -1.18. The first-order valence-corrected chi connectivity index (χ1v) is 10.6. The summed E-state index contributed by atoms with van der Waals surface area (Å²) in [5, 5.41) is 2.36. The summed E-state index contributed by atoms with van der Waals surface area (Å²) in [6.45, 7) is 2.00. The van der Waals surface area contributed by atoms with E-state index < -0.39 is 15.8 Å². The molecule has 0 spiro atoms. The van der Waals surface area contributed by atoms with Gasteiger partial charge in [0.15, 0.2) is 0 Å². The number of hydrogen-bond donors (Lipinski definition) is 1. The zero-order valence-corrected chi connectivity index (χ0v) is 17.1. The molecule has 0 saturated carbocycles. The van der Waals surface area contributed by atoms with Crippen molar-refractivity contribution in [3.8, 4) is 0 Å². The summed E-state index contributed by atoms with van der Waals surface area (Å²) in [6, 6.07) is 9.81. The summed E-state index contributed by atoms with van der Waals surface area (Å²) in [5.41, 5.74) is 0.913. The minimum absolute atomic E-state index is 0.0910. The highest BCUT2D eigenvalue weighted by Gasteiger charge is 2.31. The Kier molecular flexibility index (Phi) is 6.21. The number of hydrogen-bond acceptors (Lipinski definition) is 4. The monoisotopic (exact) mass is 439 g/mol. The van der Waals surface area contributed by atoms with Crippen molar-refractivity contribution in [2.45, 2.75) is 11.8 Å². The van der Waals surface area contributed by atoms with E-state index in [0.717, 1.165) is 12.1 Å². The molecule has 1 fully saturated rings. The molecule has 1 aliphatic rings. The van der Waals surface area contributed by atoms with Crippen molar-refractivity contribution >= 4 is 39.1 Å². The van der Waals surface area contributed by atoms with Crippen LogP contribution >= 0.6 is 11.6 Å². The van der Waals surface area contributed by atoms with Crippen molar-refractivity contribution in [2.75, 3.05) is 31.5 Å². The minimum Gasteiger partial charge on any atom is -0.336 e. The van der Waals surface area contributed by atoms with Gasteiger partial charge in [-0.25, -0.2) is 12.8 Å². The van der Waals surface area contributed by atoms with Gasteiger partial charge < -0.3 is 10.2 Å². The second kappa shape index (κ2) is 8.48. The summed E-state index contributed by atoms with van der Waals surface area (Å²) in [4.78, 5) is 25.4. The fourth-order valence-electron chi connectivity index (χ4n) is 3.03. The van der Waals surface area contributed by atoms with Gasteiger partial charge in [0, 0.05) is 44.4 Å². The Balaban J connectivity index is 1.69. The van der Waals surface area contributed by atoms with Crippen molar-refractivity contribution in [1.29, 1.82) is 0 Å². The number of anilines is 1. The molecule has 2 aromatic carbocycles. The minimum atomic E-state index is -3.84. The fourth-order valence-corrected chi connectivity index (χ4v) is 4.73. The Labute approximate surface area is 173 Å². The Bertz CT molecular complexity index is 1050. The first-order chi connectivity index (χ1) is 13.7. The van der Waals surface area contributed by atoms with Crippen LogP contribution in [-0.2, 0) is 14.8 Å². The number of carbonyl (C=O) groups is 2. The Hall–Kier alpha value is -2.49. The van der Waals surface area contributed by atoms with Crippen LogP contribution in [0.4, 0.5) is 10.1 Å². The van der Waals surface area contributed by atoms with Gasteiger partial charge in [0.1, 0.15) is 5.82 Å². The lowest BCUT2D eigenvalue weighted by molar-refractivity contribution is -0.114. The van der Waals surface area contributed by atoms with Crippen LogP contribution in [0.25, 0.3) is 0 Å². The lowest BCUT2D eigenvalue weighted by Gasteiger charge is -2.34. The van der Waals surface area contributed by atoms with Crippen molar-refractivity contribution in [3.63, 3.8) is 0 Å². The third-order valence-corrected chi connectivity index (χ3v) is 6.67. The number of sulfonamides is 1. The van der Waals surface area contributed by atoms with E-state index in [9.17, 15) is 22.4 Å². The summed E-state index contributed by atoms with van der Waals surface area (Å²) in [7, 11) is -3.84. The molecule has 154 valence electrons. The van der Waals surface area contributed by atoms with Crippen molar-refractivity contribution < 1.29 is 22.4 Å². The summed E-state index contributed by atoms with van der Waals surface area (Å²) < 4.78 is 40.1. The van der Waals surface area contributed by atoms with Crippen LogP contribution in [0.1, 0.15) is 17.3 Å². The van der Waals surface area contributed by atoms with Crippen LogP contribution in [0.5, 0.6) is 0 Å². The lowest BCUT2D eigenvalue weighted by Crippen LogP contribution is -2.50. The first kappa shape index (κ1) is 21.2. The van der Waals surface area contributed by atoms with E-state index in [1.165, 1.54) is 17.3 Å². The highest BCUT2D eigenvalue weighted by molar-refractivity contribution is 7.89. The van der Waals surface area contributed by atoms with Crippen molar-refractivity contribution in [3.05, 3.63) is 58.9 Å². The fraction of sp³-hybridized carbons (Fsp3) is 0.263. The van der Waals surface area contributed by atoms with Gasteiger partial charge >= 0.3 is 0 Å². The second-order valence-corrected chi connectivity index (χ2v) is 8.88. The highest BCUT2D eigenvalue weighted by atomic mass is 35.5. The molecule has 29 heavy (non-hydrogen) atoms. The van der Waals surface area contributed by atoms with E-state index >= 15 is 0 Å². The molecular weight excluding hydrogens is 421 g/mol. The van der Waals surface area contributed by atoms with Gasteiger partial charge in [0.05, 0.1) is 9.92 Å². The molecule has 1 aliphatic heterocycles. The molecule has 1 N–H and O–H groups in total. The molecule has 0 atom stereocenters. The number of nitrogens with one attached hydrogen (secondary N) is 1. The zero-order chi connectivity index (χ0) is 21.2. The molecule has 2 aromatic rings. The van der Waals surface area contributed by atoms with Crippen LogP contribution in [0, 0.1) is 5.82 Å². The Morgan fingerprint density at radius 1 is 1.07 bits per heavy atom. The number of nitrogens with zero attached hydrogens (tertiary/aromatic N) is 2. The predicted molar refractivity (Wildman–Crippen MR) is 107 cm³/mol. The first-order valence-electron chi connectivity index (χ1n) is 8.80. The standard InChI is InChI=1S/C19H19ClFN3O4S/c1-13(25)22-15-4-2-3-14(11-15)19(26)23-7-9-24(10-8-23)29(27,28)16-5-6-18(21)17(20)12-16/h2-6,11-12H,7-10H2,1H3,(H,22,25). The van der Waals surface area contributed by atoms with Gasteiger partial charge in [-0.2, -0.15) is 4.31 Å². The average Bonchev–Trinajstić information content (AvgIpc) is 2.69. The highest BCUT2D eigenvalue weighted by Crippen LogP contribution is 2.23. The normalized spacial score (nSPS) is 15.2. The van der Waals surface area contributed by atoms with E-state index in [2.05, 4.69) is 5.32 Å². The maximum atomic E-state index is 13.3. The van der Waals surface area contributed by atoms with E-state index in [-0.39, 0.29) is 47.9 Å². The van der Waals surface area contributed by atoms with Gasteiger partial charge in [-0.1, -0.05) is 17.7 Å². The SMILES string of the molecule is CC(=O)Nc1cccc(C(=O)N2CCN(S(=O)(=O)c3ccc(F)c(Cl)c3)CC2)c1. The van der Waals surface area contributed by atoms with E-state index in [1.54, 1.807) is 29.2 Å². The molecule has 1 heterocycles. The predicted octanol–water partition coefficient (Wildman–Crippen LogP) is 2.58. The smallest absolute Gasteiger partial charge is 0.254 e. The van der Waals surface area contributed by atoms with Crippen LogP contribution < -0.4 is 5.32 Å². The van der Waals surface area contributed by atoms with Crippen molar-refractivity contribution in [1.82, 2.24) is 9.21 Å². The Morgan fingerprint density at radius 3 is 2.38 bits per heavy atom. The maximum Gasteiger partial charge on any atom is 0.254 e. The van der Waals surface area contributed by atoms with Crippen molar-refractivity contribution in [2.24, 2.45) is 0 Å². The molecule has 0 unspecified atom stereocenters. The van der Waals surface area contributed by atoms with E-state index in [4.69, 9.17) is 11.6 Å². The van der Waals surface area contributed by atoms with Gasteiger partial charge in [0.2, 0.25) is 15.9 Å². The second-order valence-electron chi connectivity index (χ2n) is 6.53. The quantitative estimate of drug-likeness (QED) is 0.793. The van der Waals surface area contributed by atoms with Gasteiger partial charge in [0.25, 0.3) is 5.91 Å². The average molecular weight is 440 g/mol.